The normalized spacial score (nSPS) is 14.4. The largest absolute Gasteiger partial charge is 0.356 e. The molecule has 2 rings (SSSR count). The molecule has 22 heavy (non-hydrogen) atoms. The maximum Gasteiger partial charge on any atom is 0.240 e. The van der Waals surface area contributed by atoms with E-state index in [1.54, 1.807) is 23.1 Å². The SMILES string of the molecule is Cc1nnc(SCCCNC(=O)CCC2=NNC(=O)CC2)s1. The minimum atomic E-state index is -0.0590. The number of nitrogens with one attached hydrogen (secondary N) is 2. The Bertz CT molecular complexity index is 558. The molecule has 0 fully saturated rings. The van der Waals surface area contributed by atoms with Crippen LogP contribution >= 0.6 is 23.1 Å². The quantitative estimate of drug-likeness (QED) is 0.552. The van der Waals surface area contributed by atoms with Gasteiger partial charge in [-0.15, -0.1) is 10.2 Å². The highest BCUT2D eigenvalue weighted by atomic mass is 32.2. The Kier molecular flexibility index (Phi) is 6.78. The number of thioether (sulfide) groups is 1. The van der Waals surface area contributed by atoms with E-state index in [9.17, 15) is 9.59 Å². The van der Waals surface area contributed by atoms with Gasteiger partial charge in [-0.1, -0.05) is 23.1 Å². The molecule has 120 valence electrons. The molecule has 7 nitrogen and oxygen atoms in total. The summed E-state index contributed by atoms with van der Waals surface area (Å²) in [4.78, 5) is 22.7. The number of hydrogen-bond acceptors (Lipinski definition) is 7. The van der Waals surface area contributed by atoms with Gasteiger partial charge in [0.15, 0.2) is 4.34 Å². The van der Waals surface area contributed by atoms with E-state index < -0.39 is 0 Å². The van der Waals surface area contributed by atoms with Crippen LogP contribution in [0.15, 0.2) is 9.44 Å². The van der Waals surface area contributed by atoms with Crippen LogP contribution in [0, 0.1) is 6.92 Å². The summed E-state index contributed by atoms with van der Waals surface area (Å²) in [5, 5.41) is 15.8. The molecule has 0 saturated carbocycles. The topological polar surface area (TPSA) is 96.3 Å². The molecule has 0 atom stereocenters. The van der Waals surface area contributed by atoms with Crippen LogP contribution in [-0.2, 0) is 9.59 Å². The summed E-state index contributed by atoms with van der Waals surface area (Å²) in [7, 11) is 0. The number of carbonyl (C=O) groups excluding carboxylic acids is 2. The van der Waals surface area contributed by atoms with Crippen molar-refractivity contribution in [3.63, 3.8) is 0 Å². The zero-order chi connectivity index (χ0) is 15.8. The predicted octanol–water partition coefficient (Wildman–Crippen LogP) is 1.49. The van der Waals surface area contributed by atoms with Gasteiger partial charge in [0.05, 0.1) is 0 Å². The van der Waals surface area contributed by atoms with Crippen LogP contribution in [0.25, 0.3) is 0 Å². The number of carbonyl (C=O) groups is 2. The Hall–Kier alpha value is -1.48. The molecule has 0 radical (unpaired) electrons. The molecular formula is C13H19N5O2S2. The lowest BCUT2D eigenvalue weighted by atomic mass is 10.1. The third-order valence-electron chi connectivity index (χ3n) is 3.00. The number of nitrogens with zero attached hydrogens (tertiary/aromatic N) is 3. The van der Waals surface area contributed by atoms with Gasteiger partial charge in [0.1, 0.15) is 5.01 Å². The third-order valence-corrected chi connectivity index (χ3v) is 5.05. The maximum absolute atomic E-state index is 11.7. The van der Waals surface area contributed by atoms with Gasteiger partial charge in [-0.2, -0.15) is 5.10 Å². The van der Waals surface area contributed by atoms with Crippen molar-refractivity contribution in [1.82, 2.24) is 20.9 Å². The molecule has 0 unspecified atom stereocenters. The summed E-state index contributed by atoms with van der Waals surface area (Å²) >= 11 is 3.25. The molecule has 1 aromatic heterocycles. The van der Waals surface area contributed by atoms with E-state index in [4.69, 9.17) is 0 Å². The molecular weight excluding hydrogens is 322 g/mol. The first kappa shape index (κ1) is 16.9. The Morgan fingerprint density at radius 3 is 2.95 bits per heavy atom. The van der Waals surface area contributed by atoms with Crippen molar-refractivity contribution >= 4 is 40.6 Å². The van der Waals surface area contributed by atoms with Crippen LogP contribution in [-0.4, -0.2) is 40.0 Å². The fourth-order valence-electron chi connectivity index (χ4n) is 1.83. The van der Waals surface area contributed by atoms with Gasteiger partial charge in [0.2, 0.25) is 11.8 Å². The van der Waals surface area contributed by atoms with Crippen molar-refractivity contribution in [3.05, 3.63) is 5.01 Å². The smallest absolute Gasteiger partial charge is 0.240 e. The monoisotopic (exact) mass is 341 g/mol. The highest BCUT2D eigenvalue weighted by Crippen LogP contribution is 2.21. The zero-order valence-electron chi connectivity index (χ0n) is 12.4. The Morgan fingerprint density at radius 1 is 1.41 bits per heavy atom. The molecule has 0 aromatic carbocycles. The standard InChI is InChI=1S/C13H19N5O2S2/c1-9-15-18-13(22-9)21-8-2-7-14-11(19)5-3-10-4-6-12(20)17-16-10/h2-8H2,1H3,(H,14,19)(H,17,20). The van der Waals surface area contributed by atoms with E-state index in [1.807, 2.05) is 6.92 Å². The number of aryl methyl sites for hydroxylation is 1. The van der Waals surface area contributed by atoms with Gasteiger partial charge in [-0.3, -0.25) is 9.59 Å². The maximum atomic E-state index is 11.7. The molecule has 2 amide bonds. The van der Waals surface area contributed by atoms with E-state index in [2.05, 4.69) is 26.0 Å². The number of hydrogen-bond donors (Lipinski definition) is 2. The fourth-order valence-corrected chi connectivity index (χ4v) is 3.66. The average molecular weight is 341 g/mol. The Balaban J connectivity index is 1.51. The summed E-state index contributed by atoms with van der Waals surface area (Å²) in [5.74, 6) is 0.876. The molecule has 9 heteroatoms. The molecule has 0 aliphatic carbocycles. The van der Waals surface area contributed by atoms with Crippen molar-refractivity contribution in [2.45, 2.75) is 43.4 Å². The molecule has 0 spiro atoms. The highest BCUT2D eigenvalue weighted by molar-refractivity contribution is 8.01. The van der Waals surface area contributed by atoms with Crippen LogP contribution in [0.5, 0.6) is 0 Å². The summed E-state index contributed by atoms with van der Waals surface area (Å²) in [6.07, 6.45) is 3.02. The zero-order valence-corrected chi connectivity index (χ0v) is 14.1. The molecule has 2 N–H and O–H groups in total. The van der Waals surface area contributed by atoms with Crippen molar-refractivity contribution in [3.8, 4) is 0 Å². The van der Waals surface area contributed by atoms with Crippen molar-refractivity contribution in [2.24, 2.45) is 5.10 Å². The minimum absolute atomic E-state index is 0.0244. The number of hydrazone groups is 1. The second-order valence-corrected chi connectivity index (χ2v) is 7.38. The van der Waals surface area contributed by atoms with Crippen LogP contribution in [0.3, 0.4) is 0 Å². The van der Waals surface area contributed by atoms with E-state index >= 15 is 0 Å². The molecule has 1 aliphatic heterocycles. The van der Waals surface area contributed by atoms with Crippen molar-refractivity contribution in [1.29, 1.82) is 0 Å². The van der Waals surface area contributed by atoms with Crippen molar-refractivity contribution < 1.29 is 9.59 Å². The third kappa shape index (κ3) is 6.10. The first-order valence-electron chi connectivity index (χ1n) is 7.17. The van der Waals surface area contributed by atoms with Crippen LogP contribution in [0.1, 0.15) is 37.1 Å². The first-order valence-corrected chi connectivity index (χ1v) is 8.97. The lowest BCUT2D eigenvalue weighted by Crippen LogP contribution is -2.28. The second kappa shape index (κ2) is 8.84. The van der Waals surface area contributed by atoms with Crippen LogP contribution in [0.2, 0.25) is 0 Å². The van der Waals surface area contributed by atoms with Gasteiger partial charge in [-0.05, 0) is 26.2 Å². The Morgan fingerprint density at radius 2 is 2.27 bits per heavy atom. The summed E-state index contributed by atoms with van der Waals surface area (Å²) in [5.41, 5.74) is 3.32. The fraction of sp³-hybridized carbons (Fsp3) is 0.615. The lowest BCUT2D eigenvalue weighted by Gasteiger charge is -2.11. The van der Waals surface area contributed by atoms with Crippen LogP contribution < -0.4 is 10.7 Å². The second-order valence-electron chi connectivity index (χ2n) is 4.85. The molecule has 0 bridgehead atoms. The van der Waals surface area contributed by atoms with Gasteiger partial charge < -0.3 is 5.32 Å². The van der Waals surface area contributed by atoms with Gasteiger partial charge in [0, 0.05) is 30.9 Å². The molecule has 0 saturated heterocycles. The number of rotatable bonds is 8. The van der Waals surface area contributed by atoms with Gasteiger partial charge in [0.25, 0.3) is 0 Å². The van der Waals surface area contributed by atoms with Gasteiger partial charge in [-0.25, -0.2) is 5.43 Å². The Labute approximate surface area is 137 Å². The van der Waals surface area contributed by atoms with E-state index in [-0.39, 0.29) is 11.8 Å². The minimum Gasteiger partial charge on any atom is -0.356 e. The van der Waals surface area contributed by atoms with E-state index in [0.29, 0.717) is 32.2 Å². The van der Waals surface area contributed by atoms with Crippen molar-refractivity contribution in [2.75, 3.05) is 12.3 Å². The first-order chi connectivity index (χ1) is 10.6. The number of aromatic nitrogens is 2. The van der Waals surface area contributed by atoms with E-state index in [0.717, 1.165) is 27.2 Å². The lowest BCUT2D eigenvalue weighted by molar-refractivity contribution is -0.121. The highest BCUT2D eigenvalue weighted by Gasteiger charge is 2.12. The summed E-state index contributed by atoms with van der Waals surface area (Å²) in [6, 6.07) is 0. The average Bonchev–Trinajstić information content (AvgIpc) is 2.92. The predicted molar refractivity (Wildman–Crippen MR) is 87.0 cm³/mol. The molecule has 2 heterocycles. The molecule has 1 aromatic rings. The number of amides is 2. The van der Waals surface area contributed by atoms with Gasteiger partial charge >= 0.3 is 0 Å². The summed E-state index contributed by atoms with van der Waals surface area (Å²) in [6.45, 7) is 2.59. The molecule has 1 aliphatic rings. The van der Waals surface area contributed by atoms with E-state index in [1.165, 1.54) is 0 Å². The van der Waals surface area contributed by atoms with Crippen LogP contribution in [0.4, 0.5) is 0 Å². The summed E-state index contributed by atoms with van der Waals surface area (Å²) < 4.78 is 0.973.